The van der Waals surface area contributed by atoms with Gasteiger partial charge in [0.1, 0.15) is 13.2 Å². The van der Waals surface area contributed by atoms with Crippen LogP contribution in [0.4, 0.5) is 0 Å². The van der Waals surface area contributed by atoms with Gasteiger partial charge in [0.25, 0.3) is 0 Å². The largest absolute Gasteiger partial charge is 0.462 e. The number of rotatable bonds is 58. The highest BCUT2D eigenvalue weighted by Gasteiger charge is 2.19. The van der Waals surface area contributed by atoms with E-state index in [9.17, 15) is 14.4 Å². The van der Waals surface area contributed by atoms with Crippen LogP contribution in [0.3, 0.4) is 0 Å². The maximum absolute atomic E-state index is 12.9. The van der Waals surface area contributed by atoms with Gasteiger partial charge in [0.15, 0.2) is 6.10 Å². The second-order valence-electron chi connectivity index (χ2n) is 22.2. The van der Waals surface area contributed by atoms with Crippen molar-refractivity contribution in [1.82, 2.24) is 0 Å². The van der Waals surface area contributed by atoms with E-state index < -0.39 is 6.10 Å². The quantitative estimate of drug-likeness (QED) is 0.0343. The summed E-state index contributed by atoms with van der Waals surface area (Å²) in [5, 5.41) is 0. The molecule has 0 fully saturated rings. The predicted octanol–water partition coefficient (Wildman–Crippen LogP) is 21.0. The van der Waals surface area contributed by atoms with Crippen molar-refractivity contribution in [1.29, 1.82) is 0 Å². The summed E-state index contributed by atoms with van der Waals surface area (Å²) in [5.41, 5.74) is 0. The molecule has 0 spiro atoms. The minimum atomic E-state index is -0.762. The average molecular weight is 976 g/mol. The van der Waals surface area contributed by atoms with Crippen LogP contribution in [-0.2, 0) is 28.6 Å². The van der Waals surface area contributed by atoms with Gasteiger partial charge in [-0.05, 0) is 25.2 Å². The lowest BCUT2D eigenvalue weighted by Gasteiger charge is -2.18. The fourth-order valence-corrected chi connectivity index (χ4v) is 9.81. The first-order chi connectivity index (χ1) is 33.9. The molecule has 0 aromatic heterocycles. The molecule has 0 bridgehead atoms. The van der Waals surface area contributed by atoms with Gasteiger partial charge in [-0.3, -0.25) is 14.4 Å². The molecule has 0 aliphatic carbocycles. The predicted molar refractivity (Wildman–Crippen MR) is 298 cm³/mol. The van der Waals surface area contributed by atoms with Crippen molar-refractivity contribution < 1.29 is 28.6 Å². The van der Waals surface area contributed by atoms with Crippen LogP contribution in [0.15, 0.2) is 0 Å². The van der Waals surface area contributed by atoms with Crippen molar-refractivity contribution >= 4 is 17.9 Å². The minimum absolute atomic E-state index is 0.0613. The minimum Gasteiger partial charge on any atom is -0.462 e. The maximum atomic E-state index is 12.9. The third-order valence-electron chi connectivity index (χ3n) is 14.5. The Kier molecular flexibility index (Phi) is 56.0. The Morgan fingerprint density at radius 2 is 0.478 bits per heavy atom. The lowest BCUT2D eigenvalue weighted by Crippen LogP contribution is -2.30. The lowest BCUT2D eigenvalue weighted by atomic mass is 10.0. The summed E-state index contributed by atoms with van der Waals surface area (Å²) < 4.78 is 16.9. The smallest absolute Gasteiger partial charge is 0.306 e. The van der Waals surface area contributed by atoms with E-state index in [0.29, 0.717) is 19.3 Å². The van der Waals surface area contributed by atoms with Crippen molar-refractivity contribution in [2.75, 3.05) is 13.2 Å². The van der Waals surface area contributed by atoms with E-state index in [1.54, 1.807) is 0 Å². The summed E-state index contributed by atoms with van der Waals surface area (Å²) in [7, 11) is 0. The van der Waals surface area contributed by atoms with Gasteiger partial charge in [-0.15, -0.1) is 0 Å². The molecule has 1 atom stereocenters. The zero-order chi connectivity index (χ0) is 50.2. The summed E-state index contributed by atoms with van der Waals surface area (Å²) >= 11 is 0. The number of ether oxygens (including phenoxy) is 3. The molecule has 0 radical (unpaired) electrons. The Balaban J connectivity index is 4.21. The van der Waals surface area contributed by atoms with Gasteiger partial charge in [0.05, 0.1) is 0 Å². The lowest BCUT2D eigenvalue weighted by molar-refractivity contribution is -0.167. The molecule has 0 saturated heterocycles. The first kappa shape index (κ1) is 67.4. The standard InChI is InChI=1S/C63H122O6/c1-5-7-9-11-13-15-17-18-19-20-21-25-28-31-35-39-43-47-51-55-62(65)68-58-60(57-67-61(64)54-50-46-42-38-33-16-14-12-10-8-6-2)69-63(66)56-52-48-44-40-36-32-29-26-23-22-24-27-30-34-37-41-45-49-53-59(3)4/h59-60H,5-58H2,1-4H3/t60-/m0/s1. The van der Waals surface area contributed by atoms with Crippen LogP contribution in [0.25, 0.3) is 0 Å². The summed E-state index contributed by atoms with van der Waals surface area (Å²) in [6, 6.07) is 0. The Bertz CT molecular complexity index is 1040. The molecule has 0 amide bonds. The fourth-order valence-electron chi connectivity index (χ4n) is 9.81. The molecule has 0 aromatic rings. The van der Waals surface area contributed by atoms with Crippen molar-refractivity contribution in [3.8, 4) is 0 Å². The van der Waals surface area contributed by atoms with Crippen molar-refractivity contribution in [3.63, 3.8) is 0 Å². The SMILES string of the molecule is CCCCCCCCCCCCCCCCCCCCCC(=O)OC[C@H](COC(=O)CCCCCCCCCCCCC)OC(=O)CCCCCCCCCCCCCCCCCCCCC(C)C. The molecule has 6 heteroatoms. The van der Waals surface area contributed by atoms with Crippen LogP contribution < -0.4 is 0 Å². The molecule has 0 aromatic carbocycles. The van der Waals surface area contributed by atoms with Gasteiger partial charge >= 0.3 is 17.9 Å². The van der Waals surface area contributed by atoms with Gasteiger partial charge in [-0.25, -0.2) is 0 Å². The molecule has 69 heavy (non-hydrogen) atoms. The highest BCUT2D eigenvalue weighted by Crippen LogP contribution is 2.19. The van der Waals surface area contributed by atoms with Crippen molar-refractivity contribution in [3.05, 3.63) is 0 Å². The molecule has 0 aliphatic heterocycles. The summed E-state index contributed by atoms with van der Waals surface area (Å²) in [6.07, 6.45) is 63.9. The molecule has 0 saturated carbocycles. The second kappa shape index (κ2) is 57.3. The summed E-state index contributed by atoms with van der Waals surface area (Å²) in [6.45, 7) is 9.09. The Morgan fingerprint density at radius 1 is 0.275 bits per heavy atom. The zero-order valence-corrected chi connectivity index (χ0v) is 47.3. The highest BCUT2D eigenvalue weighted by atomic mass is 16.6. The van der Waals surface area contributed by atoms with Crippen LogP contribution in [0, 0.1) is 5.92 Å². The molecule has 0 N–H and O–H groups in total. The second-order valence-corrected chi connectivity index (χ2v) is 22.2. The first-order valence-electron chi connectivity index (χ1n) is 31.4. The molecular formula is C63H122O6. The van der Waals surface area contributed by atoms with Gasteiger partial charge in [0.2, 0.25) is 0 Å². The topological polar surface area (TPSA) is 78.9 Å². The number of hydrogen-bond acceptors (Lipinski definition) is 6. The summed E-state index contributed by atoms with van der Waals surface area (Å²) in [4.78, 5) is 38.2. The van der Waals surface area contributed by atoms with E-state index in [-0.39, 0.29) is 31.1 Å². The highest BCUT2D eigenvalue weighted by molar-refractivity contribution is 5.71. The van der Waals surface area contributed by atoms with Crippen molar-refractivity contribution in [2.24, 2.45) is 5.92 Å². The molecule has 6 nitrogen and oxygen atoms in total. The van der Waals surface area contributed by atoms with E-state index in [0.717, 1.165) is 63.7 Å². The average Bonchev–Trinajstić information content (AvgIpc) is 3.34. The number of carbonyl (C=O) groups excluding carboxylic acids is 3. The molecule has 0 rings (SSSR count). The van der Waals surface area contributed by atoms with Gasteiger partial charge in [-0.2, -0.15) is 0 Å². The first-order valence-corrected chi connectivity index (χ1v) is 31.4. The van der Waals surface area contributed by atoms with Crippen molar-refractivity contribution in [2.45, 2.75) is 368 Å². The number of esters is 3. The Labute approximate surface area is 431 Å². The Morgan fingerprint density at radius 3 is 0.710 bits per heavy atom. The number of unbranched alkanes of at least 4 members (excludes halogenated alkanes) is 45. The van der Waals surface area contributed by atoms with Gasteiger partial charge < -0.3 is 14.2 Å². The van der Waals surface area contributed by atoms with Crippen LogP contribution in [-0.4, -0.2) is 37.2 Å². The van der Waals surface area contributed by atoms with Crippen LogP contribution in [0.5, 0.6) is 0 Å². The van der Waals surface area contributed by atoms with Gasteiger partial charge in [-0.1, -0.05) is 323 Å². The Hall–Kier alpha value is -1.59. The molecule has 0 heterocycles. The maximum Gasteiger partial charge on any atom is 0.306 e. The van der Waals surface area contributed by atoms with Crippen LogP contribution >= 0.6 is 0 Å². The van der Waals surface area contributed by atoms with E-state index in [1.165, 1.54) is 257 Å². The zero-order valence-electron chi connectivity index (χ0n) is 47.3. The molecule has 0 unspecified atom stereocenters. The molecule has 410 valence electrons. The van der Waals surface area contributed by atoms with E-state index in [2.05, 4.69) is 27.7 Å². The molecular weight excluding hydrogens is 853 g/mol. The normalized spacial score (nSPS) is 12.0. The summed E-state index contributed by atoms with van der Waals surface area (Å²) in [5.74, 6) is 0.0275. The van der Waals surface area contributed by atoms with E-state index >= 15 is 0 Å². The fraction of sp³-hybridized carbons (Fsp3) is 0.952. The third kappa shape index (κ3) is 57.2. The monoisotopic (exact) mass is 975 g/mol. The number of carbonyl (C=O) groups is 3. The number of hydrogen-bond donors (Lipinski definition) is 0. The molecule has 0 aliphatic rings. The van der Waals surface area contributed by atoms with Crippen LogP contribution in [0.2, 0.25) is 0 Å². The van der Waals surface area contributed by atoms with Gasteiger partial charge in [0, 0.05) is 19.3 Å². The van der Waals surface area contributed by atoms with Crippen LogP contribution in [0.1, 0.15) is 362 Å². The third-order valence-corrected chi connectivity index (χ3v) is 14.5. The van der Waals surface area contributed by atoms with E-state index in [4.69, 9.17) is 14.2 Å². The van der Waals surface area contributed by atoms with E-state index in [1.807, 2.05) is 0 Å².